The molecule has 4 heteroatoms. The maximum Gasteiger partial charge on any atom is 0.234 e. The largest absolute Gasteiger partial charge is 0.489 e. The van der Waals surface area contributed by atoms with Gasteiger partial charge < -0.3 is 15.8 Å². The van der Waals surface area contributed by atoms with Crippen molar-refractivity contribution < 1.29 is 9.53 Å². The Morgan fingerprint density at radius 2 is 1.77 bits per heavy atom. The lowest BCUT2D eigenvalue weighted by Gasteiger charge is -2.10. The van der Waals surface area contributed by atoms with E-state index in [1.165, 1.54) is 5.56 Å². The molecule has 0 aliphatic carbocycles. The highest BCUT2D eigenvalue weighted by atomic mass is 16.5. The number of benzene rings is 2. The summed E-state index contributed by atoms with van der Waals surface area (Å²) in [7, 11) is 0. The highest BCUT2D eigenvalue weighted by Gasteiger charge is 2.06. The third-order valence-electron chi connectivity index (χ3n) is 3.46. The highest BCUT2D eigenvalue weighted by molar-refractivity contribution is 5.79. The summed E-state index contributed by atoms with van der Waals surface area (Å²) >= 11 is 0. The van der Waals surface area contributed by atoms with Crippen molar-refractivity contribution >= 4 is 5.91 Å². The zero-order valence-electron chi connectivity index (χ0n) is 12.8. The number of ether oxygens (including phenoxy) is 1. The predicted molar refractivity (Wildman–Crippen MR) is 87.6 cm³/mol. The minimum absolute atomic E-state index is 0.298. The van der Waals surface area contributed by atoms with E-state index in [4.69, 9.17) is 10.5 Å². The second kappa shape index (κ2) is 8.20. The fourth-order valence-electron chi connectivity index (χ4n) is 2.03. The van der Waals surface area contributed by atoms with Crippen LogP contribution in [0.15, 0.2) is 54.6 Å². The molecule has 116 valence electrons. The molecule has 2 aromatic rings. The molecule has 1 atom stereocenters. The van der Waals surface area contributed by atoms with Crippen LogP contribution in [0.5, 0.6) is 5.75 Å². The Morgan fingerprint density at radius 3 is 2.41 bits per heavy atom. The first kappa shape index (κ1) is 16.0. The Balaban J connectivity index is 1.76. The fraction of sp³-hybridized carbons (Fsp3) is 0.278. The van der Waals surface area contributed by atoms with Gasteiger partial charge in [-0.25, -0.2) is 0 Å². The first-order chi connectivity index (χ1) is 10.6. The first-order valence-corrected chi connectivity index (χ1v) is 7.43. The number of carbonyl (C=O) groups is 1. The number of carbonyl (C=O) groups excluding carboxylic acids is 1. The van der Waals surface area contributed by atoms with Crippen LogP contribution in [-0.4, -0.2) is 18.5 Å². The van der Waals surface area contributed by atoms with E-state index in [-0.39, 0.29) is 11.9 Å². The van der Waals surface area contributed by atoms with E-state index in [0.29, 0.717) is 13.2 Å². The molecular weight excluding hydrogens is 276 g/mol. The summed E-state index contributed by atoms with van der Waals surface area (Å²) < 4.78 is 5.74. The zero-order valence-corrected chi connectivity index (χ0v) is 12.8. The van der Waals surface area contributed by atoms with E-state index in [2.05, 4.69) is 5.32 Å². The second-order valence-electron chi connectivity index (χ2n) is 5.25. The second-order valence-corrected chi connectivity index (χ2v) is 5.25. The SMILES string of the molecule is CC(NCCc1ccc(OCc2ccccc2)cc1)C(N)=O. The van der Waals surface area contributed by atoms with Crippen molar-refractivity contribution in [2.24, 2.45) is 5.73 Å². The Morgan fingerprint density at radius 1 is 1.09 bits per heavy atom. The molecule has 1 amide bonds. The minimum Gasteiger partial charge on any atom is -0.489 e. The fourth-order valence-corrected chi connectivity index (χ4v) is 2.03. The number of hydrogen-bond acceptors (Lipinski definition) is 3. The van der Waals surface area contributed by atoms with Gasteiger partial charge in [0.1, 0.15) is 12.4 Å². The van der Waals surface area contributed by atoms with Crippen molar-refractivity contribution in [1.29, 1.82) is 0 Å². The van der Waals surface area contributed by atoms with Gasteiger partial charge in [0.05, 0.1) is 6.04 Å². The van der Waals surface area contributed by atoms with Crippen molar-refractivity contribution in [2.45, 2.75) is 26.0 Å². The molecule has 1 unspecified atom stereocenters. The van der Waals surface area contributed by atoms with Gasteiger partial charge in [-0.3, -0.25) is 4.79 Å². The molecule has 0 spiro atoms. The summed E-state index contributed by atoms with van der Waals surface area (Å²) in [5, 5.41) is 3.09. The summed E-state index contributed by atoms with van der Waals surface area (Å²) in [4.78, 5) is 10.9. The van der Waals surface area contributed by atoms with E-state index >= 15 is 0 Å². The molecule has 0 saturated carbocycles. The molecule has 0 aliphatic heterocycles. The Bertz CT molecular complexity index is 582. The van der Waals surface area contributed by atoms with E-state index in [1.807, 2.05) is 54.6 Å². The predicted octanol–water partition coefficient (Wildman–Crippen LogP) is 2.27. The monoisotopic (exact) mass is 298 g/mol. The van der Waals surface area contributed by atoms with Crippen molar-refractivity contribution in [3.05, 3.63) is 65.7 Å². The molecule has 0 bridgehead atoms. The standard InChI is InChI=1S/C18H22N2O2/c1-14(18(19)21)20-12-11-15-7-9-17(10-8-15)22-13-16-5-3-2-4-6-16/h2-10,14,20H,11-13H2,1H3,(H2,19,21). The third-order valence-corrected chi connectivity index (χ3v) is 3.46. The van der Waals surface area contributed by atoms with Crippen LogP contribution in [-0.2, 0) is 17.8 Å². The number of rotatable bonds is 8. The van der Waals surface area contributed by atoms with Crippen molar-refractivity contribution in [1.82, 2.24) is 5.32 Å². The van der Waals surface area contributed by atoms with E-state index in [1.54, 1.807) is 6.92 Å². The summed E-state index contributed by atoms with van der Waals surface area (Å²) in [6.07, 6.45) is 0.844. The quantitative estimate of drug-likeness (QED) is 0.786. The molecule has 22 heavy (non-hydrogen) atoms. The lowest BCUT2D eigenvalue weighted by Crippen LogP contribution is -2.39. The molecule has 4 nitrogen and oxygen atoms in total. The molecular formula is C18H22N2O2. The maximum absolute atomic E-state index is 10.9. The average Bonchev–Trinajstić information content (AvgIpc) is 2.55. The van der Waals surface area contributed by atoms with Gasteiger partial charge in [0, 0.05) is 0 Å². The Hall–Kier alpha value is -2.33. The van der Waals surface area contributed by atoms with Crippen LogP contribution in [0, 0.1) is 0 Å². The van der Waals surface area contributed by atoms with Crippen LogP contribution in [0.4, 0.5) is 0 Å². The third kappa shape index (κ3) is 5.22. The normalized spacial score (nSPS) is 11.9. The van der Waals surface area contributed by atoms with Crippen molar-refractivity contribution in [3.63, 3.8) is 0 Å². The molecule has 0 aromatic heterocycles. The van der Waals surface area contributed by atoms with E-state index < -0.39 is 0 Å². The Kier molecular flexibility index (Phi) is 5.98. The summed E-state index contributed by atoms with van der Waals surface area (Å²) in [5.41, 5.74) is 7.54. The van der Waals surface area contributed by atoms with Gasteiger partial charge in [-0.05, 0) is 43.1 Å². The van der Waals surface area contributed by atoms with Gasteiger partial charge >= 0.3 is 0 Å². The lowest BCUT2D eigenvalue weighted by molar-refractivity contribution is -0.119. The van der Waals surface area contributed by atoms with E-state index in [9.17, 15) is 4.79 Å². The smallest absolute Gasteiger partial charge is 0.234 e. The van der Waals surface area contributed by atoms with Gasteiger partial charge in [-0.15, -0.1) is 0 Å². The average molecular weight is 298 g/mol. The maximum atomic E-state index is 10.9. The number of hydrogen-bond donors (Lipinski definition) is 2. The summed E-state index contributed by atoms with van der Waals surface area (Å²) in [6, 6.07) is 17.8. The molecule has 0 heterocycles. The van der Waals surface area contributed by atoms with Crippen LogP contribution >= 0.6 is 0 Å². The van der Waals surface area contributed by atoms with Gasteiger partial charge in [0.25, 0.3) is 0 Å². The molecule has 3 N–H and O–H groups in total. The molecule has 0 radical (unpaired) electrons. The van der Waals surface area contributed by atoms with Gasteiger partial charge in [-0.1, -0.05) is 42.5 Å². The van der Waals surface area contributed by atoms with E-state index in [0.717, 1.165) is 17.7 Å². The molecule has 0 fully saturated rings. The molecule has 2 aromatic carbocycles. The van der Waals surface area contributed by atoms with Crippen LogP contribution in [0.25, 0.3) is 0 Å². The van der Waals surface area contributed by atoms with Crippen molar-refractivity contribution in [3.8, 4) is 5.75 Å². The molecule has 0 saturated heterocycles. The van der Waals surface area contributed by atoms with Crippen LogP contribution in [0.1, 0.15) is 18.1 Å². The minimum atomic E-state index is -0.329. The number of primary amides is 1. The van der Waals surface area contributed by atoms with Gasteiger partial charge in [-0.2, -0.15) is 0 Å². The highest BCUT2D eigenvalue weighted by Crippen LogP contribution is 2.14. The summed E-state index contributed by atoms with van der Waals surface area (Å²) in [6.45, 7) is 3.05. The number of amides is 1. The van der Waals surface area contributed by atoms with Crippen LogP contribution < -0.4 is 15.8 Å². The topological polar surface area (TPSA) is 64.3 Å². The van der Waals surface area contributed by atoms with Crippen LogP contribution in [0.3, 0.4) is 0 Å². The lowest BCUT2D eigenvalue weighted by atomic mass is 10.1. The van der Waals surface area contributed by atoms with Crippen molar-refractivity contribution in [2.75, 3.05) is 6.54 Å². The number of nitrogens with one attached hydrogen (secondary N) is 1. The van der Waals surface area contributed by atoms with Gasteiger partial charge in [0.2, 0.25) is 5.91 Å². The molecule has 0 aliphatic rings. The Labute approximate surface area is 131 Å². The van der Waals surface area contributed by atoms with Crippen LogP contribution in [0.2, 0.25) is 0 Å². The van der Waals surface area contributed by atoms with Gasteiger partial charge in [0.15, 0.2) is 0 Å². The zero-order chi connectivity index (χ0) is 15.8. The molecule has 2 rings (SSSR count). The first-order valence-electron chi connectivity index (χ1n) is 7.43. The summed E-state index contributed by atoms with van der Waals surface area (Å²) in [5.74, 6) is 0.524. The number of nitrogens with two attached hydrogens (primary N) is 1.